The number of nitrogens with zero attached hydrogens (tertiary/aromatic N) is 2. The van der Waals surface area contributed by atoms with Crippen LogP contribution in [-0.2, 0) is 27.4 Å². The average Bonchev–Trinajstić information content (AvgIpc) is 3.63. The second kappa shape index (κ2) is 10.0. The third kappa shape index (κ3) is 5.89. The van der Waals surface area contributed by atoms with Crippen molar-refractivity contribution in [2.75, 3.05) is 32.9 Å². The summed E-state index contributed by atoms with van der Waals surface area (Å²) in [6.07, 6.45) is 1.78. The molecule has 31 heavy (non-hydrogen) atoms. The fourth-order valence-electron chi connectivity index (χ4n) is 3.67. The number of hydrogen-bond donors (Lipinski definition) is 0. The number of esters is 1. The molecule has 0 atom stereocenters. The normalized spacial score (nSPS) is 16.7. The highest BCUT2D eigenvalue weighted by Crippen LogP contribution is 2.29. The summed E-state index contributed by atoms with van der Waals surface area (Å²) < 4.78 is 24.6. The van der Waals surface area contributed by atoms with Crippen LogP contribution in [0, 0.1) is 5.82 Å². The van der Waals surface area contributed by atoms with E-state index in [2.05, 4.69) is 4.90 Å². The molecule has 1 aliphatic carbocycles. The molecule has 2 aromatic rings. The summed E-state index contributed by atoms with van der Waals surface area (Å²) in [5, 5.41) is 0. The SMILES string of the molecule is O=C(OCC(=O)N(Cc1ccccc1F)C1CC1)c1ccc(CN2CCOCC2)cc1. The first-order chi connectivity index (χ1) is 15.1. The van der Waals surface area contributed by atoms with Crippen molar-refractivity contribution < 1.29 is 23.5 Å². The molecule has 1 saturated carbocycles. The second-order valence-electron chi connectivity index (χ2n) is 8.01. The number of ether oxygens (including phenoxy) is 2. The lowest BCUT2D eigenvalue weighted by Crippen LogP contribution is -2.36. The quantitative estimate of drug-likeness (QED) is 0.608. The molecule has 2 aliphatic rings. The summed E-state index contributed by atoms with van der Waals surface area (Å²) in [6.45, 7) is 3.93. The Hall–Kier alpha value is -2.77. The zero-order chi connectivity index (χ0) is 21.6. The number of benzene rings is 2. The molecule has 1 amide bonds. The van der Waals surface area contributed by atoms with Gasteiger partial charge >= 0.3 is 5.97 Å². The fourth-order valence-corrected chi connectivity index (χ4v) is 3.67. The summed E-state index contributed by atoms with van der Waals surface area (Å²) in [5.41, 5.74) is 1.98. The zero-order valence-electron chi connectivity index (χ0n) is 17.5. The topological polar surface area (TPSA) is 59.1 Å². The zero-order valence-corrected chi connectivity index (χ0v) is 17.5. The van der Waals surface area contributed by atoms with Gasteiger partial charge in [-0.2, -0.15) is 0 Å². The van der Waals surface area contributed by atoms with Crippen LogP contribution in [0.1, 0.15) is 34.3 Å². The van der Waals surface area contributed by atoms with E-state index in [1.165, 1.54) is 6.07 Å². The Morgan fingerprint density at radius 1 is 1.06 bits per heavy atom. The van der Waals surface area contributed by atoms with Crippen LogP contribution in [0.5, 0.6) is 0 Å². The molecule has 0 N–H and O–H groups in total. The van der Waals surface area contributed by atoms with E-state index < -0.39 is 5.97 Å². The first-order valence-corrected chi connectivity index (χ1v) is 10.7. The highest BCUT2D eigenvalue weighted by atomic mass is 19.1. The molecule has 6 nitrogen and oxygen atoms in total. The highest BCUT2D eigenvalue weighted by molar-refractivity contribution is 5.91. The van der Waals surface area contributed by atoms with Crippen LogP contribution >= 0.6 is 0 Å². The minimum atomic E-state index is -0.534. The summed E-state index contributed by atoms with van der Waals surface area (Å²) in [5.74, 6) is -1.17. The number of halogens is 1. The Morgan fingerprint density at radius 2 is 1.77 bits per heavy atom. The Bertz CT molecular complexity index is 908. The summed E-state index contributed by atoms with van der Waals surface area (Å²) in [4.78, 5) is 29.0. The first kappa shape index (κ1) is 21.5. The number of rotatable bonds is 8. The van der Waals surface area contributed by atoms with Gasteiger partial charge < -0.3 is 14.4 Å². The van der Waals surface area contributed by atoms with Crippen LogP contribution in [0.4, 0.5) is 4.39 Å². The fraction of sp³-hybridized carbons (Fsp3) is 0.417. The predicted octanol–water partition coefficient (Wildman–Crippen LogP) is 3.01. The van der Waals surface area contributed by atoms with Crippen molar-refractivity contribution in [1.82, 2.24) is 9.80 Å². The summed E-state index contributed by atoms with van der Waals surface area (Å²) >= 11 is 0. The van der Waals surface area contributed by atoms with Gasteiger partial charge in [0.1, 0.15) is 5.82 Å². The van der Waals surface area contributed by atoms with Gasteiger partial charge in [-0.25, -0.2) is 9.18 Å². The van der Waals surface area contributed by atoms with Crippen molar-refractivity contribution >= 4 is 11.9 Å². The van der Waals surface area contributed by atoms with Gasteiger partial charge in [0.2, 0.25) is 0 Å². The number of morpholine rings is 1. The predicted molar refractivity (Wildman–Crippen MR) is 113 cm³/mol. The highest BCUT2D eigenvalue weighted by Gasteiger charge is 2.33. The molecule has 1 heterocycles. The molecule has 1 aliphatic heterocycles. The van der Waals surface area contributed by atoms with Crippen LogP contribution < -0.4 is 0 Å². The lowest BCUT2D eigenvalue weighted by atomic mass is 10.1. The van der Waals surface area contributed by atoms with Crippen molar-refractivity contribution in [1.29, 1.82) is 0 Å². The van der Waals surface area contributed by atoms with Crippen molar-refractivity contribution in [3.05, 3.63) is 71.0 Å². The number of carbonyl (C=O) groups excluding carboxylic acids is 2. The van der Waals surface area contributed by atoms with E-state index in [4.69, 9.17) is 9.47 Å². The monoisotopic (exact) mass is 426 g/mol. The van der Waals surface area contributed by atoms with Crippen LogP contribution in [0.3, 0.4) is 0 Å². The van der Waals surface area contributed by atoms with Gasteiger partial charge in [0, 0.05) is 37.8 Å². The molecule has 0 bridgehead atoms. The Morgan fingerprint density at radius 3 is 2.45 bits per heavy atom. The van der Waals surface area contributed by atoms with Crippen molar-refractivity contribution in [3.63, 3.8) is 0 Å². The van der Waals surface area contributed by atoms with E-state index in [9.17, 15) is 14.0 Å². The van der Waals surface area contributed by atoms with E-state index in [-0.39, 0.29) is 30.9 Å². The Kier molecular flexibility index (Phi) is 6.94. The largest absolute Gasteiger partial charge is 0.452 e. The lowest BCUT2D eigenvalue weighted by molar-refractivity contribution is -0.135. The molecule has 0 unspecified atom stereocenters. The number of amides is 1. The van der Waals surface area contributed by atoms with Crippen LogP contribution in [0.2, 0.25) is 0 Å². The van der Waals surface area contributed by atoms with Crippen LogP contribution in [0.25, 0.3) is 0 Å². The second-order valence-corrected chi connectivity index (χ2v) is 8.01. The average molecular weight is 426 g/mol. The van der Waals surface area contributed by atoms with Crippen LogP contribution in [0.15, 0.2) is 48.5 Å². The Labute approximate surface area is 181 Å². The van der Waals surface area contributed by atoms with Crippen LogP contribution in [-0.4, -0.2) is 60.6 Å². The van der Waals surface area contributed by atoms with E-state index in [1.54, 1.807) is 35.2 Å². The van der Waals surface area contributed by atoms with E-state index in [0.717, 1.165) is 51.3 Å². The minimum absolute atomic E-state index is 0.0882. The standard InChI is InChI=1S/C24H27FN2O4/c25-22-4-2-1-3-20(22)16-27(21-9-10-21)23(28)17-31-24(29)19-7-5-18(6-8-19)15-26-11-13-30-14-12-26/h1-8,21H,9-17H2. The maximum absolute atomic E-state index is 14.0. The molecule has 164 valence electrons. The van der Waals surface area contributed by atoms with Gasteiger partial charge in [-0.15, -0.1) is 0 Å². The maximum Gasteiger partial charge on any atom is 0.338 e. The van der Waals surface area contributed by atoms with Gasteiger partial charge in [-0.05, 0) is 36.6 Å². The third-order valence-corrected chi connectivity index (χ3v) is 5.63. The molecule has 0 radical (unpaired) electrons. The van der Waals surface area contributed by atoms with Gasteiger partial charge in [-0.1, -0.05) is 30.3 Å². The molecular weight excluding hydrogens is 399 g/mol. The van der Waals surface area contributed by atoms with Gasteiger partial charge in [-0.3, -0.25) is 9.69 Å². The van der Waals surface area contributed by atoms with Gasteiger partial charge in [0.05, 0.1) is 18.8 Å². The molecule has 0 aromatic heterocycles. The molecule has 7 heteroatoms. The van der Waals surface area contributed by atoms with Crippen molar-refractivity contribution in [2.45, 2.75) is 32.0 Å². The molecule has 0 spiro atoms. The summed E-state index contributed by atoms with van der Waals surface area (Å²) in [6, 6.07) is 13.8. The number of carbonyl (C=O) groups is 2. The van der Waals surface area contributed by atoms with E-state index in [0.29, 0.717) is 11.1 Å². The van der Waals surface area contributed by atoms with E-state index >= 15 is 0 Å². The lowest BCUT2D eigenvalue weighted by Gasteiger charge is -2.26. The molecule has 2 aromatic carbocycles. The Balaban J connectivity index is 1.29. The molecule has 4 rings (SSSR count). The third-order valence-electron chi connectivity index (χ3n) is 5.63. The van der Waals surface area contributed by atoms with Gasteiger partial charge in [0.15, 0.2) is 6.61 Å². The molecule has 1 saturated heterocycles. The first-order valence-electron chi connectivity index (χ1n) is 10.7. The smallest absolute Gasteiger partial charge is 0.338 e. The van der Waals surface area contributed by atoms with Crippen molar-refractivity contribution in [2.24, 2.45) is 0 Å². The summed E-state index contributed by atoms with van der Waals surface area (Å²) in [7, 11) is 0. The maximum atomic E-state index is 14.0. The van der Waals surface area contributed by atoms with E-state index in [1.807, 2.05) is 12.1 Å². The minimum Gasteiger partial charge on any atom is -0.452 e. The molecule has 2 fully saturated rings. The molecular formula is C24H27FN2O4. The number of hydrogen-bond acceptors (Lipinski definition) is 5. The van der Waals surface area contributed by atoms with Crippen molar-refractivity contribution in [3.8, 4) is 0 Å². The van der Waals surface area contributed by atoms with Gasteiger partial charge in [0.25, 0.3) is 5.91 Å².